The van der Waals surface area contributed by atoms with E-state index in [0.717, 1.165) is 25.4 Å². The first kappa shape index (κ1) is 11.0. The molecule has 13 heavy (non-hydrogen) atoms. The van der Waals surface area contributed by atoms with Gasteiger partial charge in [0, 0.05) is 6.54 Å². The summed E-state index contributed by atoms with van der Waals surface area (Å²) in [6.45, 7) is 8.25. The molecule has 0 heterocycles. The summed E-state index contributed by atoms with van der Waals surface area (Å²) in [4.78, 5) is 0. The number of likely N-dealkylation sites (N-methyl/N-ethyl adjacent to an activating group) is 1. The number of hydrogen-bond acceptors (Lipinski definition) is 2. The number of aliphatic hydroxyl groups is 1. The molecule has 0 aromatic rings. The van der Waals surface area contributed by atoms with Crippen molar-refractivity contribution in [2.24, 2.45) is 11.8 Å². The van der Waals surface area contributed by atoms with Crippen LogP contribution in [0.5, 0.6) is 0 Å². The van der Waals surface area contributed by atoms with Crippen LogP contribution in [0.3, 0.4) is 0 Å². The summed E-state index contributed by atoms with van der Waals surface area (Å²) in [7, 11) is 0. The van der Waals surface area contributed by atoms with Crippen molar-refractivity contribution in [2.75, 3.05) is 13.1 Å². The molecule has 0 amide bonds. The van der Waals surface area contributed by atoms with Gasteiger partial charge < -0.3 is 10.4 Å². The van der Waals surface area contributed by atoms with Crippen molar-refractivity contribution in [1.82, 2.24) is 5.32 Å². The molecule has 1 saturated carbocycles. The molecule has 1 rings (SSSR count). The summed E-state index contributed by atoms with van der Waals surface area (Å²) in [6.07, 6.45) is 3.30. The van der Waals surface area contributed by atoms with E-state index in [9.17, 15) is 5.11 Å². The zero-order valence-corrected chi connectivity index (χ0v) is 9.14. The Hall–Kier alpha value is -0.0800. The van der Waals surface area contributed by atoms with Gasteiger partial charge in [0.05, 0.1) is 5.60 Å². The van der Waals surface area contributed by atoms with Crippen molar-refractivity contribution in [3.8, 4) is 0 Å². The molecule has 0 spiro atoms. The Morgan fingerprint density at radius 3 is 2.69 bits per heavy atom. The van der Waals surface area contributed by atoms with Crippen LogP contribution in [0.25, 0.3) is 0 Å². The Labute approximate surface area is 81.7 Å². The van der Waals surface area contributed by atoms with Gasteiger partial charge in [0.1, 0.15) is 0 Å². The summed E-state index contributed by atoms with van der Waals surface area (Å²) in [5, 5.41) is 13.6. The van der Waals surface area contributed by atoms with Gasteiger partial charge in [0.2, 0.25) is 0 Å². The van der Waals surface area contributed by atoms with E-state index >= 15 is 0 Å². The van der Waals surface area contributed by atoms with Crippen LogP contribution < -0.4 is 5.32 Å². The lowest BCUT2D eigenvalue weighted by atomic mass is 9.72. The minimum atomic E-state index is -0.442. The molecule has 3 unspecified atom stereocenters. The lowest BCUT2D eigenvalue weighted by Gasteiger charge is -2.40. The summed E-state index contributed by atoms with van der Waals surface area (Å²) < 4.78 is 0. The van der Waals surface area contributed by atoms with Crippen LogP contribution in [0.15, 0.2) is 0 Å². The van der Waals surface area contributed by atoms with E-state index in [4.69, 9.17) is 0 Å². The average Bonchev–Trinajstić information content (AvgIpc) is 2.09. The van der Waals surface area contributed by atoms with E-state index in [2.05, 4.69) is 26.1 Å². The van der Waals surface area contributed by atoms with Crippen molar-refractivity contribution in [1.29, 1.82) is 0 Å². The summed E-state index contributed by atoms with van der Waals surface area (Å²) in [5.41, 5.74) is -0.442. The SMILES string of the molecule is CCNCC1(O)CCC(C)CC1C. The first-order valence-electron chi connectivity index (χ1n) is 5.51. The zero-order valence-electron chi connectivity index (χ0n) is 9.14. The second kappa shape index (κ2) is 4.43. The fourth-order valence-electron chi connectivity index (χ4n) is 2.29. The van der Waals surface area contributed by atoms with Crippen LogP contribution >= 0.6 is 0 Å². The van der Waals surface area contributed by atoms with Gasteiger partial charge in [-0.1, -0.05) is 20.8 Å². The Balaban J connectivity index is 2.46. The molecule has 0 saturated heterocycles. The highest BCUT2D eigenvalue weighted by atomic mass is 16.3. The lowest BCUT2D eigenvalue weighted by molar-refractivity contribution is -0.0506. The topological polar surface area (TPSA) is 32.3 Å². The zero-order chi connectivity index (χ0) is 9.90. The lowest BCUT2D eigenvalue weighted by Crippen LogP contribution is -2.48. The number of nitrogens with one attached hydrogen (secondary N) is 1. The van der Waals surface area contributed by atoms with Crippen molar-refractivity contribution in [3.63, 3.8) is 0 Å². The fraction of sp³-hybridized carbons (Fsp3) is 1.00. The van der Waals surface area contributed by atoms with Gasteiger partial charge in [0.25, 0.3) is 0 Å². The highest BCUT2D eigenvalue weighted by Crippen LogP contribution is 2.36. The molecule has 78 valence electrons. The van der Waals surface area contributed by atoms with Gasteiger partial charge in [-0.2, -0.15) is 0 Å². The van der Waals surface area contributed by atoms with E-state index in [1.165, 1.54) is 12.8 Å². The Morgan fingerprint density at radius 2 is 2.15 bits per heavy atom. The van der Waals surface area contributed by atoms with Crippen molar-refractivity contribution in [3.05, 3.63) is 0 Å². The van der Waals surface area contributed by atoms with Crippen LogP contribution in [-0.2, 0) is 0 Å². The molecule has 2 nitrogen and oxygen atoms in total. The van der Waals surface area contributed by atoms with Crippen LogP contribution in [-0.4, -0.2) is 23.8 Å². The van der Waals surface area contributed by atoms with Gasteiger partial charge in [-0.25, -0.2) is 0 Å². The van der Waals surface area contributed by atoms with Crippen LogP contribution in [0.4, 0.5) is 0 Å². The standard InChI is InChI=1S/C11H23NO/c1-4-12-8-11(13)6-5-9(2)7-10(11)3/h9-10,12-13H,4-8H2,1-3H3. The molecule has 0 aromatic heterocycles. The molecule has 0 aromatic carbocycles. The van der Waals surface area contributed by atoms with Crippen molar-refractivity contribution < 1.29 is 5.11 Å². The maximum atomic E-state index is 10.3. The quantitative estimate of drug-likeness (QED) is 0.702. The molecule has 1 fully saturated rings. The van der Waals surface area contributed by atoms with E-state index in [1.807, 2.05) is 0 Å². The Morgan fingerprint density at radius 1 is 1.46 bits per heavy atom. The van der Waals surface area contributed by atoms with E-state index < -0.39 is 5.60 Å². The highest BCUT2D eigenvalue weighted by molar-refractivity contribution is 4.91. The van der Waals surface area contributed by atoms with E-state index in [1.54, 1.807) is 0 Å². The van der Waals surface area contributed by atoms with Crippen LogP contribution in [0.2, 0.25) is 0 Å². The molecule has 0 aliphatic heterocycles. The predicted octanol–water partition coefficient (Wildman–Crippen LogP) is 1.78. The van der Waals surface area contributed by atoms with Gasteiger partial charge >= 0.3 is 0 Å². The third kappa shape index (κ3) is 2.68. The van der Waals surface area contributed by atoms with Crippen molar-refractivity contribution >= 4 is 0 Å². The van der Waals surface area contributed by atoms with Gasteiger partial charge in [0.15, 0.2) is 0 Å². The highest BCUT2D eigenvalue weighted by Gasteiger charge is 2.37. The van der Waals surface area contributed by atoms with Crippen LogP contribution in [0, 0.1) is 11.8 Å². The van der Waals surface area contributed by atoms with E-state index in [-0.39, 0.29) is 0 Å². The molecular weight excluding hydrogens is 162 g/mol. The molecule has 1 aliphatic carbocycles. The number of hydrogen-bond donors (Lipinski definition) is 2. The molecule has 0 bridgehead atoms. The molecule has 2 N–H and O–H groups in total. The van der Waals surface area contributed by atoms with Crippen molar-refractivity contribution in [2.45, 2.75) is 45.6 Å². The molecule has 0 radical (unpaired) electrons. The molecule has 1 aliphatic rings. The van der Waals surface area contributed by atoms with E-state index in [0.29, 0.717) is 5.92 Å². The third-order valence-electron chi connectivity index (χ3n) is 3.42. The second-order valence-electron chi connectivity index (χ2n) is 4.66. The first-order chi connectivity index (χ1) is 6.08. The monoisotopic (exact) mass is 185 g/mol. The minimum absolute atomic E-state index is 0.440. The fourth-order valence-corrected chi connectivity index (χ4v) is 2.29. The number of rotatable bonds is 3. The third-order valence-corrected chi connectivity index (χ3v) is 3.42. The maximum Gasteiger partial charge on any atom is 0.0797 e. The largest absolute Gasteiger partial charge is 0.388 e. The predicted molar refractivity (Wildman–Crippen MR) is 55.7 cm³/mol. The first-order valence-corrected chi connectivity index (χ1v) is 5.51. The van der Waals surface area contributed by atoms with Crippen LogP contribution in [0.1, 0.15) is 40.0 Å². The Bertz CT molecular complexity index is 156. The van der Waals surface area contributed by atoms with Gasteiger partial charge in [-0.15, -0.1) is 0 Å². The molecular formula is C11H23NO. The van der Waals surface area contributed by atoms with Gasteiger partial charge in [-0.3, -0.25) is 0 Å². The summed E-state index contributed by atoms with van der Waals surface area (Å²) in [5.74, 6) is 1.23. The molecule has 2 heteroatoms. The normalized spacial score (nSPS) is 40.6. The summed E-state index contributed by atoms with van der Waals surface area (Å²) >= 11 is 0. The average molecular weight is 185 g/mol. The smallest absolute Gasteiger partial charge is 0.0797 e. The second-order valence-corrected chi connectivity index (χ2v) is 4.66. The Kier molecular flexibility index (Phi) is 3.74. The summed E-state index contributed by atoms with van der Waals surface area (Å²) in [6, 6.07) is 0. The maximum absolute atomic E-state index is 10.3. The van der Waals surface area contributed by atoms with Gasteiger partial charge in [-0.05, 0) is 37.6 Å². The molecule has 3 atom stereocenters. The minimum Gasteiger partial charge on any atom is -0.388 e.